The molecular weight excluding hydrogens is 319 g/mol. The van der Waals surface area contributed by atoms with E-state index in [4.69, 9.17) is 10.7 Å². The fourth-order valence-corrected chi connectivity index (χ4v) is 3.63. The van der Waals surface area contributed by atoms with Crippen molar-refractivity contribution in [2.24, 2.45) is 0 Å². The Kier molecular flexibility index (Phi) is 3.05. The Morgan fingerprint density at radius 2 is 2.06 bits per heavy atom. The third kappa shape index (κ3) is 2.13. The Balaban J connectivity index is 2.33. The maximum Gasteiger partial charge on any atom is 0.238 e. The van der Waals surface area contributed by atoms with E-state index < -0.39 is 13.8 Å². The summed E-state index contributed by atoms with van der Waals surface area (Å²) in [4.78, 5) is 0. The molecule has 0 aromatic heterocycles. The standard InChI is InChI=1S/C10H9BrClFO2S/c11-9-7(2-1-3-8(9)13)6-10(4-5-10)16(12,14)15/h1-3H,4-6H2. The van der Waals surface area contributed by atoms with Gasteiger partial charge >= 0.3 is 0 Å². The van der Waals surface area contributed by atoms with Crippen LogP contribution in [0.4, 0.5) is 4.39 Å². The van der Waals surface area contributed by atoms with Crippen LogP contribution in [-0.2, 0) is 15.5 Å². The van der Waals surface area contributed by atoms with Gasteiger partial charge in [-0.05, 0) is 46.8 Å². The lowest BCUT2D eigenvalue weighted by Crippen LogP contribution is -2.21. The van der Waals surface area contributed by atoms with E-state index in [9.17, 15) is 12.8 Å². The largest absolute Gasteiger partial charge is 0.238 e. The van der Waals surface area contributed by atoms with Crippen molar-refractivity contribution < 1.29 is 12.8 Å². The van der Waals surface area contributed by atoms with Crippen LogP contribution in [0.15, 0.2) is 22.7 Å². The van der Waals surface area contributed by atoms with Crippen LogP contribution >= 0.6 is 26.6 Å². The minimum absolute atomic E-state index is 0.261. The summed E-state index contributed by atoms with van der Waals surface area (Å²) in [5, 5.41) is 0. The zero-order valence-electron chi connectivity index (χ0n) is 8.21. The minimum atomic E-state index is -3.59. The summed E-state index contributed by atoms with van der Waals surface area (Å²) in [6.45, 7) is 0. The first-order valence-electron chi connectivity index (χ1n) is 4.73. The van der Waals surface area contributed by atoms with Crippen LogP contribution in [0.2, 0.25) is 0 Å². The average molecular weight is 328 g/mol. The smallest absolute Gasteiger partial charge is 0.212 e. The molecule has 2 nitrogen and oxygen atoms in total. The van der Waals surface area contributed by atoms with E-state index >= 15 is 0 Å². The fraction of sp³-hybridized carbons (Fsp3) is 0.400. The van der Waals surface area contributed by atoms with Gasteiger partial charge < -0.3 is 0 Å². The molecule has 0 aliphatic heterocycles. The number of hydrogen-bond donors (Lipinski definition) is 0. The van der Waals surface area contributed by atoms with Gasteiger partial charge in [-0.25, -0.2) is 12.8 Å². The number of hydrogen-bond acceptors (Lipinski definition) is 2. The lowest BCUT2D eigenvalue weighted by atomic mass is 10.1. The highest BCUT2D eigenvalue weighted by molar-refractivity contribution is 9.10. The first-order valence-corrected chi connectivity index (χ1v) is 7.83. The van der Waals surface area contributed by atoms with Crippen molar-refractivity contribution in [2.75, 3.05) is 0 Å². The first-order chi connectivity index (χ1) is 7.36. The van der Waals surface area contributed by atoms with Crippen LogP contribution in [-0.4, -0.2) is 13.2 Å². The number of halogens is 3. The lowest BCUT2D eigenvalue weighted by Gasteiger charge is -2.12. The SMILES string of the molecule is O=S(=O)(Cl)C1(Cc2cccc(F)c2Br)CC1. The Bertz CT molecular complexity index is 526. The van der Waals surface area contributed by atoms with E-state index in [1.807, 2.05) is 0 Å². The van der Waals surface area contributed by atoms with Crippen molar-refractivity contribution in [1.29, 1.82) is 0 Å². The van der Waals surface area contributed by atoms with Crippen LogP contribution in [0, 0.1) is 5.82 Å². The Hall–Kier alpha value is -0.130. The molecule has 6 heteroatoms. The lowest BCUT2D eigenvalue weighted by molar-refractivity contribution is 0.587. The molecule has 1 aromatic carbocycles. The third-order valence-corrected chi connectivity index (χ3v) is 6.33. The molecule has 0 saturated heterocycles. The second-order valence-electron chi connectivity index (χ2n) is 4.01. The molecule has 88 valence electrons. The summed E-state index contributed by atoms with van der Waals surface area (Å²) >= 11 is 3.11. The first kappa shape index (κ1) is 12.3. The highest BCUT2D eigenvalue weighted by Gasteiger charge is 2.53. The fourth-order valence-electron chi connectivity index (χ4n) is 1.68. The second kappa shape index (κ2) is 3.96. The summed E-state index contributed by atoms with van der Waals surface area (Å²) < 4.78 is 35.4. The normalized spacial score (nSPS) is 18.4. The molecule has 1 aromatic rings. The molecule has 0 spiro atoms. The Labute approximate surface area is 106 Å². The van der Waals surface area contributed by atoms with Gasteiger partial charge in [0.05, 0.1) is 9.22 Å². The van der Waals surface area contributed by atoms with Crippen LogP contribution in [0.1, 0.15) is 18.4 Å². The van der Waals surface area contributed by atoms with E-state index in [0.29, 0.717) is 22.9 Å². The third-order valence-electron chi connectivity index (χ3n) is 2.87. The topological polar surface area (TPSA) is 34.1 Å². The van der Waals surface area contributed by atoms with Gasteiger partial charge in [0.15, 0.2) is 0 Å². The van der Waals surface area contributed by atoms with Crippen molar-refractivity contribution >= 4 is 35.7 Å². The maximum atomic E-state index is 13.2. The van der Waals surface area contributed by atoms with Gasteiger partial charge in [-0.1, -0.05) is 12.1 Å². The molecule has 0 atom stereocenters. The Morgan fingerprint density at radius 1 is 1.44 bits per heavy atom. The van der Waals surface area contributed by atoms with Crippen LogP contribution in [0.5, 0.6) is 0 Å². The van der Waals surface area contributed by atoms with E-state index in [0.717, 1.165) is 0 Å². The van der Waals surface area contributed by atoms with Gasteiger partial charge in [0.1, 0.15) is 5.82 Å². The van der Waals surface area contributed by atoms with E-state index in [2.05, 4.69) is 15.9 Å². The number of benzene rings is 1. The molecule has 0 N–H and O–H groups in total. The van der Waals surface area contributed by atoms with Crippen molar-refractivity contribution in [3.8, 4) is 0 Å². The van der Waals surface area contributed by atoms with Gasteiger partial charge in [0.25, 0.3) is 0 Å². The van der Waals surface area contributed by atoms with Crippen LogP contribution in [0.25, 0.3) is 0 Å². The van der Waals surface area contributed by atoms with Crippen LogP contribution in [0.3, 0.4) is 0 Å². The van der Waals surface area contributed by atoms with Crippen molar-refractivity contribution in [2.45, 2.75) is 24.0 Å². The van der Waals surface area contributed by atoms with Crippen molar-refractivity contribution in [3.05, 3.63) is 34.1 Å². The minimum Gasteiger partial charge on any atom is -0.212 e. The van der Waals surface area contributed by atoms with E-state index in [1.165, 1.54) is 6.07 Å². The molecule has 0 amide bonds. The zero-order valence-corrected chi connectivity index (χ0v) is 11.4. The molecule has 1 aliphatic rings. The maximum absolute atomic E-state index is 13.2. The summed E-state index contributed by atoms with van der Waals surface area (Å²) in [6.07, 6.45) is 1.35. The summed E-state index contributed by atoms with van der Waals surface area (Å²) in [5.41, 5.74) is 0.640. The molecule has 1 saturated carbocycles. The summed E-state index contributed by atoms with van der Waals surface area (Å²) in [5.74, 6) is -0.389. The Morgan fingerprint density at radius 3 is 2.56 bits per heavy atom. The highest BCUT2D eigenvalue weighted by Crippen LogP contribution is 2.48. The van der Waals surface area contributed by atoms with Crippen LogP contribution < -0.4 is 0 Å². The molecule has 0 radical (unpaired) electrons. The molecule has 1 fully saturated rings. The van der Waals surface area contributed by atoms with Crippen molar-refractivity contribution in [3.63, 3.8) is 0 Å². The molecule has 16 heavy (non-hydrogen) atoms. The van der Waals surface area contributed by atoms with Gasteiger partial charge in [0.2, 0.25) is 9.05 Å². The molecule has 2 rings (SSSR count). The molecular formula is C10H9BrClFO2S. The van der Waals surface area contributed by atoms with Gasteiger partial charge in [-0.3, -0.25) is 0 Å². The van der Waals surface area contributed by atoms with Gasteiger partial charge in [0, 0.05) is 10.7 Å². The van der Waals surface area contributed by atoms with E-state index in [1.54, 1.807) is 12.1 Å². The summed E-state index contributed by atoms with van der Waals surface area (Å²) in [7, 11) is 1.80. The molecule has 1 aliphatic carbocycles. The number of rotatable bonds is 3. The average Bonchev–Trinajstić information content (AvgIpc) is 2.93. The molecule has 0 heterocycles. The monoisotopic (exact) mass is 326 g/mol. The van der Waals surface area contributed by atoms with Crippen molar-refractivity contribution in [1.82, 2.24) is 0 Å². The van der Waals surface area contributed by atoms with Gasteiger partial charge in [-0.15, -0.1) is 0 Å². The quantitative estimate of drug-likeness (QED) is 0.799. The summed E-state index contributed by atoms with van der Waals surface area (Å²) in [6, 6.07) is 4.59. The second-order valence-corrected chi connectivity index (χ2v) is 7.76. The highest BCUT2D eigenvalue weighted by atomic mass is 79.9. The molecule has 0 unspecified atom stereocenters. The molecule has 0 bridgehead atoms. The predicted molar refractivity (Wildman–Crippen MR) is 64.5 cm³/mol. The van der Waals surface area contributed by atoms with E-state index in [-0.39, 0.29) is 12.2 Å². The predicted octanol–water partition coefficient (Wildman–Crippen LogP) is 3.23. The zero-order chi connectivity index (χ0) is 12.0. The van der Waals surface area contributed by atoms with Gasteiger partial charge in [-0.2, -0.15) is 0 Å².